The molecule has 0 aliphatic rings. The van der Waals surface area contributed by atoms with E-state index in [1.54, 1.807) is 68.8 Å². The molecule has 2 aromatic carbocycles. The first-order chi connectivity index (χ1) is 14.3. The number of ether oxygens (including phenoxy) is 2. The number of nitrogens with two attached hydrogens (primary N) is 1. The minimum atomic E-state index is -4.01. The number of amides is 1. The Morgan fingerprint density at radius 2 is 1.43 bits per heavy atom. The van der Waals surface area contributed by atoms with E-state index in [0.717, 1.165) is 11.1 Å². The molecule has 0 unspecified atom stereocenters. The Morgan fingerprint density at radius 3 is 1.77 bits per heavy atom. The summed E-state index contributed by atoms with van der Waals surface area (Å²) in [4.78, 5) is 12.0. The molecular weight excluding hydrogens is 404 g/mol. The zero-order chi connectivity index (χ0) is 22.1. The second-order valence-corrected chi connectivity index (χ2v) is 8.88. The van der Waals surface area contributed by atoms with Crippen molar-refractivity contribution in [2.75, 3.05) is 14.2 Å². The van der Waals surface area contributed by atoms with E-state index in [1.165, 1.54) is 4.31 Å². The highest BCUT2D eigenvalue weighted by molar-refractivity contribution is 7.90. The maximum absolute atomic E-state index is 13.4. The van der Waals surface area contributed by atoms with E-state index in [1.807, 2.05) is 0 Å². The van der Waals surface area contributed by atoms with Crippen molar-refractivity contribution in [3.63, 3.8) is 0 Å². The third-order valence-electron chi connectivity index (χ3n) is 4.71. The Morgan fingerprint density at radius 1 is 1.00 bits per heavy atom. The van der Waals surface area contributed by atoms with Crippen LogP contribution in [0.5, 0.6) is 11.5 Å². The van der Waals surface area contributed by atoms with Crippen molar-refractivity contribution >= 4 is 15.9 Å². The number of carbonyl (C=O) groups is 1. The molecule has 162 valence electrons. The summed E-state index contributed by atoms with van der Waals surface area (Å²) in [6, 6.07) is 14.2. The summed E-state index contributed by atoms with van der Waals surface area (Å²) in [5.74, 6) is 0.472. The third kappa shape index (κ3) is 6.08. The summed E-state index contributed by atoms with van der Waals surface area (Å²) in [7, 11) is -0.890. The van der Waals surface area contributed by atoms with E-state index in [0.29, 0.717) is 17.9 Å². The highest BCUT2D eigenvalue weighted by Crippen LogP contribution is 2.23. The van der Waals surface area contributed by atoms with Crippen LogP contribution in [0, 0.1) is 0 Å². The zero-order valence-corrected chi connectivity index (χ0v) is 18.1. The van der Waals surface area contributed by atoms with Gasteiger partial charge >= 0.3 is 0 Å². The van der Waals surface area contributed by atoms with Crippen molar-refractivity contribution in [1.82, 2.24) is 4.31 Å². The Bertz CT molecular complexity index is 891. The average Bonchev–Trinajstić information content (AvgIpc) is 2.74. The molecule has 7 nitrogen and oxygen atoms in total. The molecular formula is C22H28N2O5S. The van der Waals surface area contributed by atoms with E-state index < -0.39 is 21.2 Å². The molecule has 0 fully saturated rings. The number of hydrogen-bond acceptors (Lipinski definition) is 5. The van der Waals surface area contributed by atoms with Crippen molar-refractivity contribution in [3.05, 3.63) is 72.3 Å². The third-order valence-corrected chi connectivity index (χ3v) is 6.87. The number of methoxy groups -OCH3 is 2. The van der Waals surface area contributed by atoms with Crippen LogP contribution in [0.2, 0.25) is 0 Å². The van der Waals surface area contributed by atoms with Crippen molar-refractivity contribution < 1.29 is 22.7 Å². The summed E-state index contributed by atoms with van der Waals surface area (Å²) in [5.41, 5.74) is 6.98. The quantitative estimate of drug-likeness (QED) is 0.520. The van der Waals surface area contributed by atoms with Crippen LogP contribution >= 0.6 is 0 Å². The van der Waals surface area contributed by atoms with E-state index in [4.69, 9.17) is 15.2 Å². The molecule has 0 radical (unpaired) electrons. The molecule has 0 aliphatic heterocycles. The maximum Gasteiger partial charge on any atom is 0.237 e. The second-order valence-electron chi connectivity index (χ2n) is 6.77. The standard InChI is InChI=1S/C22H28N2O5S/c1-4-5-6-21(22(23)25)30(26,27)24(15-17-7-11-19(28-2)12-8-17)16-18-9-13-20(29-3)14-10-18/h4,7-14,21H,1,5-6,15-16H2,2-3H3,(H2,23,25)/t21-/m0/s1. The molecule has 0 saturated carbocycles. The van der Waals surface area contributed by atoms with Gasteiger partial charge < -0.3 is 15.2 Å². The molecule has 2 rings (SSSR count). The molecule has 1 atom stereocenters. The van der Waals surface area contributed by atoms with Crippen LogP contribution in [-0.4, -0.2) is 38.1 Å². The van der Waals surface area contributed by atoms with Gasteiger partial charge in [0.25, 0.3) is 0 Å². The number of nitrogens with zero attached hydrogens (tertiary/aromatic N) is 1. The van der Waals surface area contributed by atoms with E-state index in [-0.39, 0.29) is 19.5 Å². The van der Waals surface area contributed by atoms with Crippen molar-refractivity contribution in [1.29, 1.82) is 0 Å². The highest BCUT2D eigenvalue weighted by atomic mass is 32.2. The SMILES string of the molecule is C=CCC[C@@H](C(N)=O)S(=O)(=O)N(Cc1ccc(OC)cc1)Cc1ccc(OC)cc1. The molecule has 2 aromatic rings. The van der Waals surface area contributed by atoms with Crippen LogP contribution in [0.3, 0.4) is 0 Å². The van der Waals surface area contributed by atoms with Crippen LogP contribution in [0.1, 0.15) is 24.0 Å². The lowest BCUT2D eigenvalue weighted by Gasteiger charge is -2.26. The molecule has 0 bridgehead atoms. The van der Waals surface area contributed by atoms with Gasteiger partial charge in [-0.05, 0) is 48.2 Å². The van der Waals surface area contributed by atoms with Gasteiger partial charge in [0.1, 0.15) is 11.5 Å². The van der Waals surface area contributed by atoms with Gasteiger partial charge in [0.2, 0.25) is 15.9 Å². The van der Waals surface area contributed by atoms with Crippen molar-refractivity contribution in [2.45, 2.75) is 31.2 Å². The first-order valence-electron chi connectivity index (χ1n) is 9.46. The molecule has 1 amide bonds. The summed E-state index contributed by atoms with van der Waals surface area (Å²) in [6.45, 7) is 3.79. The number of hydrogen-bond donors (Lipinski definition) is 1. The molecule has 0 aliphatic carbocycles. The predicted molar refractivity (Wildman–Crippen MR) is 117 cm³/mol. The maximum atomic E-state index is 13.4. The molecule has 2 N–H and O–H groups in total. The fraction of sp³-hybridized carbons (Fsp3) is 0.318. The number of rotatable bonds is 12. The first kappa shape index (κ1) is 23.4. The molecule has 0 spiro atoms. The van der Waals surface area contributed by atoms with Gasteiger partial charge in [-0.2, -0.15) is 4.31 Å². The molecule has 30 heavy (non-hydrogen) atoms. The van der Waals surface area contributed by atoms with E-state index in [9.17, 15) is 13.2 Å². The summed E-state index contributed by atoms with van der Waals surface area (Å²) < 4.78 is 38.4. The summed E-state index contributed by atoms with van der Waals surface area (Å²) in [6.07, 6.45) is 2.03. The van der Waals surface area contributed by atoms with Crippen LogP contribution < -0.4 is 15.2 Å². The van der Waals surface area contributed by atoms with Gasteiger partial charge in [0, 0.05) is 13.1 Å². The lowest BCUT2D eigenvalue weighted by molar-refractivity contribution is -0.117. The second kappa shape index (κ2) is 10.8. The number of primary amides is 1. The Hall–Kier alpha value is -2.84. The number of allylic oxidation sites excluding steroid dienone is 1. The number of sulfonamides is 1. The number of benzene rings is 2. The molecule has 0 aromatic heterocycles. The normalized spacial score (nSPS) is 12.4. The lowest BCUT2D eigenvalue weighted by atomic mass is 10.2. The largest absolute Gasteiger partial charge is 0.497 e. The fourth-order valence-electron chi connectivity index (χ4n) is 2.99. The Labute approximate surface area is 178 Å². The van der Waals surface area contributed by atoms with Gasteiger partial charge in [0.05, 0.1) is 14.2 Å². The van der Waals surface area contributed by atoms with E-state index >= 15 is 0 Å². The fourth-order valence-corrected chi connectivity index (χ4v) is 4.74. The van der Waals surface area contributed by atoms with Gasteiger partial charge in [-0.1, -0.05) is 30.3 Å². The average molecular weight is 433 g/mol. The Kier molecular flexibility index (Phi) is 8.44. The monoisotopic (exact) mass is 432 g/mol. The predicted octanol–water partition coefficient (Wildman–Crippen LogP) is 2.86. The molecule has 0 heterocycles. The van der Waals surface area contributed by atoms with Crippen molar-refractivity contribution in [3.8, 4) is 11.5 Å². The summed E-state index contributed by atoms with van der Waals surface area (Å²) in [5, 5.41) is -1.33. The van der Waals surface area contributed by atoms with Crippen LogP contribution in [-0.2, 0) is 27.9 Å². The van der Waals surface area contributed by atoms with Crippen molar-refractivity contribution in [2.24, 2.45) is 5.73 Å². The van der Waals surface area contributed by atoms with Gasteiger partial charge in [-0.25, -0.2) is 8.42 Å². The van der Waals surface area contributed by atoms with Crippen LogP contribution in [0.25, 0.3) is 0 Å². The summed E-state index contributed by atoms with van der Waals surface area (Å²) >= 11 is 0. The molecule has 0 saturated heterocycles. The number of carbonyl (C=O) groups excluding carboxylic acids is 1. The first-order valence-corrected chi connectivity index (χ1v) is 11.0. The van der Waals surface area contributed by atoms with Gasteiger partial charge in [0.15, 0.2) is 5.25 Å². The van der Waals surface area contributed by atoms with E-state index in [2.05, 4.69) is 6.58 Å². The van der Waals surface area contributed by atoms with Crippen LogP contribution in [0.15, 0.2) is 61.2 Å². The smallest absolute Gasteiger partial charge is 0.237 e. The highest BCUT2D eigenvalue weighted by Gasteiger charge is 2.35. The topological polar surface area (TPSA) is 98.9 Å². The lowest BCUT2D eigenvalue weighted by Crippen LogP contribution is -2.44. The van der Waals surface area contributed by atoms with Crippen LogP contribution in [0.4, 0.5) is 0 Å². The zero-order valence-electron chi connectivity index (χ0n) is 17.3. The van der Waals surface area contributed by atoms with Gasteiger partial charge in [-0.3, -0.25) is 4.79 Å². The Balaban J connectivity index is 2.38. The van der Waals surface area contributed by atoms with Gasteiger partial charge in [-0.15, -0.1) is 6.58 Å². The molecule has 8 heteroatoms. The minimum Gasteiger partial charge on any atom is -0.497 e. The minimum absolute atomic E-state index is 0.0862.